The Balaban J connectivity index is 3.33. The Morgan fingerprint density at radius 1 is 1.42 bits per heavy atom. The molecule has 4 heteroatoms. The van der Waals surface area contributed by atoms with Crippen LogP contribution in [0, 0.1) is 11.6 Å². The van der Waals surface area contributed by atoms with Gasteiger partial charge in [-0.1, -0.05) is 0 Å². The van der Waals surface area contributed by atoms with E-state index in [0.717, 1.165) is 12.1 Å². The quantitative estimate of drug-likeness (QED) is 0.678. The van der Waals surface area contributed by atoms with Crippen LogP contribution >= 0.6 is 0 Å². The summed E-state index contributed by atoms with van der Waals surface area (Å²) in [6.07, 6.45) is 0. The van der Waals surface area contributed by atoms with Crippen molar-refractivity contribution in [1.82, 2.24) is 0 Å². The molecule has 1 aromatic carbocycles. The number of nitrogens with two attached hydrogens (primary N) is 1. The molecule has 0 aliphatic heterocycles. The van der Waals surface area contributed by atoms with Crippen molar-refractivity contribution in [2.45, 2.75) is 13.0 Å². The van der Waals surface area contributed by atoms with Gasteiger partial charge in [-0.25, -0.2) is 8.78 Å². The second kappa shape index (κ2) is 3.06. The molecule has 1 aromatic rings. The average molecular weight is 173 g/mol. The predicted octanol–water partition coefficient (Wildman–Crippen LogP) is 1.69. The van der Waals surface area contributed by atoms with Gasteiger partial charge in [0.25, 0.3) is 0 Å². The van der Waals surface area contributed by atoms with Crippen LogP contribution in [-0.4, -0.2) is 5.11 Å². The van der Waals surface area contributed by atoms with E-state index in [1.54, 1.807) is 0 Å². The van der Waals surface area contributed by atoms with Gasteiger partial charge in [-0.05, 0) is 19.1 Å². The highest BCUT2D eigenvalue weighted by Crippen LogP contribution is 2.26. The predicted molar refractivity (Wildman–Crippen MR) is 40.6 cm³/mol. The van der Waals surface area contributed by atoms with E-state index in [1.807, 2.05) is 0 Å². The summed E-state index contributed by atoms with van der Waals surface area (Å²) in [6, 6.07) is 1.22. The van der Waals surface area contributed by atoms with Gasteiger partial charge in [-0.2, -0.15) is 0 Å². The first-order chi connectivity index (χ1) is 5.54. The Bertz CT molecular complexity index is 299. The molecule has 2 nitrogen and oxygen atoms in total. The molecular weight excluding hydrogens is 164 g/mol. The molecule has 66 valence electrons. The number of hydrogen-bond donors (Lipinski definition) is 2. The van der Waals surface area contributed by atoms with E-state index in [9.17, 15) is 8.78 Å². The molecule has 12 heavy (non-hydrogen) atoms. The van der Waals surface area contributed by atoms with Crippen molar-refractivity contribution < 1.29 is 13.9 Å². The fraction of sp³-hybridized carbons (Fsp3) is 0.250. The highest BCUT2D eigenvalue weighted by molar-refractivity contribution is 5.36. The fourth-order valence-electron chi connectivity index (χ4n) is 0.989. The minimum Gasteiger partial charge on any atom is -0.507 e. The van der Waals surface area contributed by atoms with Crippen LogP contribution in [0.2, 0.25) is 0 Å². The van der Waals surface area contributed by atoms with Crippen LogP contribution in [0.25, 0.3) is 0 Å². The number of hydrogen-bond acceptors (Lipinski definition) is 2. The molecule has 0 spiro atoms. The topological polar surface area (TPSA) is 46.2 Å². The number of benzene rings is 1. The zero-order valence-electron chi connectivity index (χ0n) is 6.51. The Morgan fingerprint density at radius 2 is 2.00 bits per heavy atom. The van der Waals surface area contributed by atoms with Crippen LogP contribution in [0.3, 0.4) is 0 Å². The summed E-state index contributed by atoms with van der Waals surface area (Å²) in [5.41, 5.74) is 5.13. The molecule has 0 heterocycles. The lowest BCUT2D eigenvalue weighted by Crippen LogP contribution is -2.08. The molecule has 0 amide bonds. The SMILES string of the molecule is CC(N)c1c(O)ccc(F)c1F. The molecule has 0 radical (unpaired) electrons. The van der Waals surface area contributed by atoms with Crippen molar-refractivity contribution in [3.05, 3.63) is 29.3 Å². The maximum atomic E-state index is 12.9. The monoisotopic (exact) mass is 173 g/mol. The Hall–Kier alpha value is -1.16. The van der Waals surface area contributed by atoms with Crippen LogP contribution in [-0.2, 0) is 0 Å². The molecular formula is C8H9F2NO. The Morgan fingerprint density at radius 3 is 2.42 bits per heavy atom. The lowest BCUT2D eigenvalue weighted by Gasteiger charge is -2.09. The van der Waals surface area contributed by atoms with Crippen molar-refractivity contribution in [1.29, 1.82) is 0 Å². The van der Waals surface area contributed by atoms with Crippen LogP contribution < -0.4 is 5.73 Å². The third-order valence-corrected chi connectivity index (χ3v) is 1.56. The zero-order valence-corrected chi connectivity index (χ0v) is 6.51. The molecule has 0 aliphatic carbocycles. The van der Waals surface area contributed by atoms with Crippen LogP contribution in [0.5, 0.6) is 5.75 Å². The van der Waals surface area contributed by atoms with E-state index in [1.165, 1.54) is 6.92 Å². The summed E-state index contributed by atoms with van der Waals surface area (Å²) in [6.45, 7) is 1.47. The lowest BCUT2D eigenvalue weighted by molar-refractivity contribution is 0.434. The minimum atomic E-state index is -1.08. The maximum absolute atomic E-state index is 12.9. The second-order valence-electron chi connectivity index (χ2n) is 2.58. The van der Waals surface area contributed by atoms with Gasteiger partial charge in [0, 0.05) is 11.6 Å². The highest BCUT2D eigenvalue weighted by Gasteiger charge is 2.15. The molecule has 0 aliphatic rings. The number of halogens is 2. The average Bonchev–Trinajstić information content (AvgIpc) is 1.97. The van der Waals surface area contributed by atoms with Gasteiger partial charge in [-0.15, -0.1) is 0 Å². The van der Waals surface area contributed by atoms with E-state index < -0.39 is 17.7 Å². The van der Waals surface area contributed by atoms with E-state index in [0.29, 0.717) is 0 Å². The Kier molecular flexibility index (Phi) is 2.28. The number of aromatic hydroxyl groups is 1. The van der Waals surface area contributed by atoms with E-state index in [2.05, 4.69) is 0 Å². The van der Waals surface area contributed by atoms with Gasteiger partial charge in [0.1, 0.15) is 5.75 Å². The first kappa shape index (κ1) is 8.93. The summed E-state index contributed by atoms with van der Waals surface area (Å²) < 4.78 is 25.5. The summed E-state index contributed by atoms with van der Waals surface area (Å²) in [4.78, 5) is 0. The van der Waals surface area contributed by atoms with Gasteiger partial charge in [0.15, 0.2) is 11.6 Å². The molecule has 3 N–H and O–H groups in total. The standard InChI is InChI=1S/C8H9F2NO/c1-4(11)7-6(12)3-2-5(9)8(7)10/h2-4,12H,11H2,1H3. The third kappa shape index (κ3) is 1.38. The van der Waals surface area contributed by atoms with Crippen molar-refractivity contribution in [2.24, 2.45) is 5.73 Å². The van der Waals surface area contributed by atoms with Crippen LogP contribution in [0.15, 0.2) is 12.1 Å². The summed E-state index contributed by atoms with van der Waals surface area (Å²) in [5, 5.41) is 9.10. The molecule has 0 saturated carbocycles. The molecule has 1 rings (SSSR count). The van der Waals surface area contributed by atoms with Gasteiger partial charge in [0.2, 0.25) is 0 Å². The van der Waals surface area contributed by atoms with E-state index in [-0.39, 0.29) is 11.3 Å². The van der Waals surface area contributed by atoms with Crippen molar-refractivity contribution in [3.8, 4) is 5.75 Å². The van der Waals surface area contributed by atoms with Gasteiger partial charge in [0.05, 0.1) is 0 Å². The van der Waals surface area contributed by atoms with Crippen molar-refractivity contribution >= 4 is 0 Å². The smallest absolute Gasteiger partial charge is 0.167 e. The summed E-state index contributed by atoms with van der Waals surface area (Å²) in [5.74, 6) is -2.39. The number of phenolic OH excluding ortho intramolecular Hbond substituents is 1. The molecule has 1 unspecified atom stereocenters. The second-order valence-corrected chi connectivity index (χ2v) is 2.58. The lowest BCUT2D eigenvalue weighted by atomic mass is 10.1. The third-order valence-electron chi connectivity index (χ3n) is 1.56. The maximum Gasteiger partial charge on any atom is 0.167 e. The number of rotatable bonds is 1. The molecule has 0 fully saturated rings. The summed E-state index contributed by atoms with van der Waals surface area (Å²) in [7, 11) is 0. The van der Waals surface area contributed by atoms with Gasteiger partial charge in [-0.3, -0.25) is 0 Å². The zero-order chi connectivity index (χ0) is 9.30. The van der Waals surface area contributed by atoms with Crippen LogP contribution in [0.1, 0.15) is 18.5 Å². The van der Waals surface area contributed by atoms with Gasteiger partial charge >= 0.3 is 0 Å². The van der Waals surface area contributed by atoms with Crippen molar-refractivity contribution in [3.63, 3.8) is 0 Å². The normalized spacial score (nSPS) is 13.0. The Labute approximate surface area is 68.6 Å². The van der Waals surface area contributed by atoms with Crippen molar-refractivity contribution in [2.75, 3.05) is 0 Å². The first-order valence-corrected chi connectivity index (χ1v) is 3.46. The largest absolute Gasteiger partial charge is 0.507 e. The number of phenols is 1. The minimum absolute atomic E-state index is 0.185. The molecule has 0 aromatic heterocycles. The molecule has 0 bridgehead atoms. The highest BCUT2D eigenvalue weighted by atomic mass is 19.2. The van der Waals surface area contributed by atoms with E-state index in [4.69, 9.17) is 10.8 Å². The molecule has 0 saturated heterocycles. The van der Waals surface area contributed by atoms with Gasteiger partial charge < -0.3 is 10.8 Å². The molecule has 1 atom stereocenters. The van der Waals surface area contributed by atoms with Crippen LogP contribution in [0.4, 0.5) is 8.78 Å². The van der Waals surface area contributed by atoms with E-state index >= 15 is 0 Å². The first-order valence-electron chi connectivity index (χ1n) is 3.46. The fourth-order valence-corrected chi connectivity index (χ4v) is 0.989. The summed E-state index contributed by atoms with van der Waals surface area (Å²) >= 11 is 0.